The minimum absolute atomic E-state index is 0.170. The molecule has 0 N–H and O–H groups in total. The Bertz CT molecular complexity index is 331. The van der Waals surface area contributed by atoms with Crippen LogP contribution in [0.3, 0.4) is 0 Å². The minimum atomic E-state index is -0.170. The number of unbranched alkanes of at least 4 members (excludes halogenated alkanes) is 3. The van der Waals surface area contributed by atoms with Crippen LogP contribution in [0.25, 0.3) is 6.08 Å². The predicted molar refractivity (Wildman–Crippen MR) is 67.3 cm³/mol. The standard InChI is InChI=1S/C13H16BrF/c1-2-3-4-5-6-7-11-8-9-12(14)10-13(11)15/h6-10H,2-5H2,1H3/b7-6+. The van der Waals surface area contributed by atoms with Crippen molar-refractivity contribution < 1.29 is 4.39 Å². The second kappa shape index (κ2) is 6.78. The molecule has 0 atom stereocenters. The van der Waals surface area contributed by atoms with Crippen molar-refractivity contribution in [2.24, 2.45) is 0 Å². The molecule has 1 rings (SSSR count). The predicted octanol–water partition coefficient (Wildman–Crippen LogP) is 5.18. The van der Waals surface area contributed by atoms with Crippen molar-refractivity contribution in [1.82, 2.24) is 0 Å². The van der Waals surface area contributed by atoms with E-state index < -0.39 is 0 Å². The fraction of sp³-hybridized carbons (Fsp3) is 0.385. The molecule has 1 aromatic rings. The average Bonchev–Trinajstić information content (AvgIpc) is 2.20. The third-order valence-electron chi connectivity index (χ3n) is 2.23. The van der Waals surface area contributed by atoms with E-state index in [0.29, 0.717) is 5.56 Å². The minimum Gasteiger partial charge on any atom is -0.206 e. The number of hydrogen-bond donors (Lipinski definition) is 0. The molecule has 0 aliphatic heterocycles. The average molecular weight is 271 g/mol. The van der Waals surface area contributed by atoms with Crippen LogP contribution in [0.1, 0.15) is 38.2 Å². The molecule has 2 heteroatoms. The molecule has 0 spiro atoms. The third kappa shape index (κ3) is 4.61. The van der Waals surface area contributed by atoms with E-state index in [1.807, 2.05) is 18.2 Å². The first-order valence-corrected chi connectivity index (χ1v) is 6.15. The second-order valence-corrected chi connectivity index (χ2v) is 4.48. The van der Waals surface area contributed by atoms with Crippen LogP contribution in [0, 0.1) is 5.82 Å². The Morgan fingerprint density at radius 3 is 2.80 bits per heavy atom. The largest absolute Gasteiger partial charge is 0.206 e. The Labute approximate surface area is 99.3 Å². The summed E-state index contributed by atoms with van der Waals surface area (Å²) in [5.74, 6) is -0.170. The van der Waals surface area contributed by atoms with Crippen LogP contribution >= 0.6 is 15.9 Å². The van der Waals surface area contributed by atoms with Crippen molar-refractivity contribution >= 4 is 22.0 Å². The van der Waals surface area contributed by atoms with Gasteiger partial charge in [-0.05, 0) is 25.0 Å². The lowest BCUT2D eigenvalue weighted by atomic mass is 10.1. The van der Waals surface area contributed by atoms with Gasteiger partial charge in [0.25, 0.3) is 0 Å². The fourth-order valence-electron chi connectivity index (χ4n) is 1.36. The highest BCUT2D eigenvalue weighted by Gasteiger charge is 1.97. The van der Waals surface area contributed by atoms with Gasteiger partial charge in [-0.1, -0.05) is 53.9 Å². The summed E-state index contributed by atoms with van der Waals surface area (Å²) in [4.78, 5) is 0. The number of hydrogen-bond acceptors (Lipinski definition) is 0. The SMILES string of the molecule is CCCCC/C=C/c1ccc(Br)cc1F. The van der Waals surface area contributed by atoms with Gasteiger partial charge in [0.2, 0.25) is 0 Å². The summed E-state index contributed by atoms with van der Waals surface area (Å²) in [5.41, 5.74) is 0.662. The molecule has 0 unspecified atom stereocenters. The molecular formula is C13H16BrF. The summed E-state index contributed by atoms with van der Waals surface area (Å²) in [6.45, 7) is 2.18. The Balaban J connectivity index is 2.49. The van der Waals surface area contributed by atoms with E-state index in [-0.39, 0.29) is 5.82 Å². The monoisotopic (exact) mass is 270 g/mol. The summed E-state index contributed by atoms with van der Waals surface area (Å²) in [5, 5.41) is 0. The lowest BCUT2D eigenvalue weighted by molar-refractivity contribution is 0.624. The van der Waals surface area contributed by atoms with E-state index in [0.717, 1.165) is 10.9 Å². The van der Waals surface area contributed by atoms with Gasteiger partial charge >= 0.3 is 0 Å². The highest BCUT2D eigenvalue weighted by atomic mass is 79.9. The molecule has 0 fully saturated rings. The normalized spacial score (nSPS) is 11.1. The van der Waals surface area contributed by atoms with Crippen molar-refractivity contribution in [3.8, 4) is 0 Å². The van der Waals surface area contributed by atoms with Gasteiger partial charge in [-0.25, -0.2) is 4.39 Å². The van der Waals surface area contributed by atoms with Gasteiger partial charge < -0.3 is 0 Å². The van der Waals surface area contributed by atoms with Gasteiger partial charge in [0.1, 0.15) is 5.82 Å². The maximum atomic E-state index is 13.3. The smallest absolute Gasteiger partial charge is 0.131 e. The second-order valence-electron chi connectivity index (χ2n) is 3.56. The van der Waals surface area contributed by atoms with E-state index in [4.69, 9.17) is 0 Å². The Kier molecular flexibility index (Phi) is 5.62. The first kappa shape index (κ1) is 12.4. The third-order valence-corrected chi connectivity index (χ3v) is 2.73. The number of rotatable bonds is 5. The maximum absolute atomic E-state index is 13.3. The lowest BCUT2D eigenvalue weighted by Gasteiger charge is -1.97. The van der Waals surface area contributed by atoms with Gasteiger partial charge in [0.05, 0.1) is 0 Å². The van der Waals surface area contributed by atoms with Crippen molar-refractivity contribution in [2.75, 3.05) is 0 Å². The van der Waals surface area contributed by atoms with Crippen LogP contribution < -0.4 is 0 Å². The zero-order valence-electron chi connectivity index (χ0n) is 8.97. The van der Waals surface area contributed by atoms with Gasteiger partial charge in [0.15, 0.2) is 0 Å². The molecule has 82 valence electrons. The van der Waals surface area contributed by atoms with Gasteiger partial charge in [-0.2, -0.15) is 0 Å². The fourth-order valence-corrected chi connectivity index (χ4v) is 1.69. The Hall–Kier alpha value is -0.630. The van der Waals surface area contributed by atoms with Crippen LogP contribution in [0.2, 0.25) is 0 Å². The quantitative estimate of drug-likeness (QED) is 0.647. The van der Waals surface area contributed by atoms with E-state index in [1.54, 1.807) is 6.07 Å². The highest BCUT2D eigenvalue weighted by molar-refractivity contribution is 9.10. The van der Waals surface area contributed by atoms with Crippen LogP contribution in [0.5, 0.6) is 0 Å². The summed E-state index contributed by atoms with van der Waals surface area (Å²) < 4.78 is 14.1. The summed E-state index contributed by atoms with van der Waals surface area (Å²) in [6, 6.07) is 5.14. The summed E-state index contributed by atoms with van der Waals surface area (Å²) in [6.07, 6.45) is 8.58. The van der Waals surface area contributed by atoms with Crippen molar-refractivity contribution in [3.63, 3.8) is 0 Å². The van der Waals surface area contributed by atoms with Crippen molar-refractivity contribution in [1.29, 1.82) is 0 Å². The molecular weight excluding hydrogens is 255 g/mol. The van der Waals surface area contributed by atoms with E-state index in [2.05, 4.69) is 22.9 Å². The molecule has 0 nitrogen and oxygen atoms in total. The number of allylic oxidation sites excluding steroid dienone is 1. The van der Waals surface area contributed by atoms with Crippen LogP contribution in [0.15, 0.2) is 28.7 Å². The topological polar surface area (TPSA) is 0 Å². The molecule has 0 aromatic heterocycles. The molecule has 0 saturated carbocycles. The summed E-state index contributed by atoms with van der Waals surface area (Å²) in [7, 11) is 0. The van der Waals surface area contributed by atoms with Crippen molar-refractivity contribution in [3.05, 3.63) is 40.1 Å². The number of benzene rings is 1. The molecule has 1 aromatic carbocycles. The molecule has 15 heavy (non-hydrogen) atoms. The molecule has 0 saturated heterocycles. The van der Waals surface area contributed by atoms with E-state index in [1.165, 1.54) is 25.3 Å². The maximum Gasteiger partial charge on any atom is 0.131 e. The van der Waals surface area contributed by atoms with E-state index >= 15 is 0 Å². The van der Waals surface area contributed by atoms with Crippen LogP contribution in [-0.2, 0) is 0 Å². The first-order valence-electron chi connectivity index (χ1n) is 5.35. The zero-order chi connectivity index (χ0) is 11.1. The molecule has 0 heterocycles. The molecule has 0 amide bonds. The van der Waals surface area contributed by atoms with Gasteiger partial charge in [-0.15, -0.1) is 0 Å². The van der Waals surface area contributed by atoms with Crippen LogP contribution in [0.4, 0.5) is 4.39 Å². The zero-order valence-corrected chi connectivity index (χ0v) is 10.6. The number of halogens is 2. The van der Waals surface area contributed by atoms with Gasteiger partial charge in [0, 0.05) is 10.0 Å². The highest BCUT2D eigenvalue weighted by Crippen LogP contribution is 2.16. The Morgan fingerprint density at radius 1 is 1.33 bits per heavy atom. The van der Waals surface area contributed by atoms with Crippen LogP contribution in [-0.4, -0.2) is 0 Å². The molecule has 0 bridgehead atoms. The van der Waals surface area contributed by atoms with Crippen molar-refractivity contribution in [2.45, 2.75) is 32.6 Å². The van der Waals surface area contributed by atoms with Gasteiger partial charge in [-0.3, -0.25) is 0 Å². The Morgan fingerprint density at radius 2 is 2.13 bits per heavy atom. The first-order chi connectivity index (χ1) is 7.24. The lowest BCUT2D eigenvalue weighted by Crippen LogP contribution is -1.81. The molecule has 0 radical (unpaired) electrons. The molecule has 0 aliphatic rings. The molecule has 0 aliphatic carbocycles. The van der Waals surface area contributed by atoms with E-state index in [9.17, 15) is 4.39 Å². The summed E-state index contributed by atoms with van der Waals surface area (Å²) >= 11 is 3.23.